The molecule has 0 aromatic carbocycles. The maximum absolute atomic E-state index is 5.98. The molecule has 0 saturated carbocycles. The highest BCUT2D eigenvalue weighted by Gasteiger charge is 2.41. The minimum atomic E-state index is 0.285. The highest BCUT2D eigenvalue weighted by molar-refractivity contribution is 4.98. The lowest BCUT2D eigenvalue weighted by Crippen LogP contribution is -2.42. The normalized spacial score (nSPS) is 31.9. The van der Waals surface area contributed by atoms with Crippen molar-refractivity contribution >= 4 is 0 Å². The summed E-state index contributed by atoms with van der Waals surface area (Å²) in [6, 6.07) is 0.713. The Morgan fingerprint density at radius 1 is 1.30 bits per heavy atom. The zero-order valence-corrected chi connectivity index (χ0v) is 13.5. The monoisotopic (exact) mass is 280 g/mol. The summed E-state index contributed by atoms with van der Waals surface area (Å²) in [5, 5.41) is 7.80. The number of nitrogens with one attached hydrogen (secondary N) is 1. The molecule has 0 bridgehead atoms. The third-order valence-electron chi connectivity index (χ3n) is 4.69. The molecule has 1 aliphatic heterocycles. The van der Waals surface area contributed by atoms with Crippen LogP contribution in [0.25, 0.3) is 0 Å². The largest absolute Gasteiger partial charge is 0.375 e. The molecule has 20 heavy (non-hydrogen) atoms. The van der Waals surface area contributed by atoms with Crippen molar-refractivity contribution in [2.45, 2.75) is 65.3 Å². The van der Waals surface area contributed by atoms with Gasteiger partial charge in [-0.1, -0.05) is 6.92 Å². The van der Waals surface area contributed by atoms with Gasteiger partial charge < -0.3 is 10.1 Å². The summed E-state index contributed by atoms with van der Waals surface area (Å²) >= 11 is 0. The molecule has 0 spiro atoms. The second kappa shape index (κ2) is 6.22. The van der Waals surface area contributed by atoms with Gasteiger partial charge in [-0.25, -0.2) is 9.67 Å². The summed E-state index contributed by atoms with van der Waals surface area (Å²) in [5.74, 6) is 2.11. The van der Waals surface area contributed by atoms with Gasteiger partial charge in [-0.2, -0.15) is 5.10 Å². The van der Waals surface area contributed by atoms with Crippen molar-refractivity contribution in [1.29, 1.82) is 0 Å². The van der Waals surface area contributed by atoms with Crippen LogP contribution in [0.4, 0.5) is 0 Å². The quantitative estimate of drug-likeness (QED) is 0.897. The Bertz CT molecular complexity index is 431. The van der Waals surface area contributed by atoms with E-state index in [4.69, 9.17) is 4.74 Å². The Labute approximate surface area is 122 Å². The number of ether oxygens (including phenoxy) is 1. The minimum Gasteiger partial charge on any atom is -0.375 e. The molecular weight excluding hydrogens is 252 g/mol. The first kappa shape index (κ1) is 15.4. The molecule has 1 saturated heterocycles. The molecule has 5 nitrogen and oxygen atoms in total. The molecule has 2 heterocycles. The fraction of sp³-hybridized carbons (Fsp3) is 0.867. The van der Waals surface area contributed by atoms with Crippen LogP contribution < -0.4 is 5.32 Å². The maximum Gasteiger partial charge on any atom is 0.138 e. The van der Waals surface area contributed by atoms with Crippen molar-refractivity contribution in [2.24, 2.45) is 11.8 Å². The Morgan fingerprint density at radius 3 is 2.50 bits per heavy atom. The van der Waals surface area contributed by atoms with Crippen LogP contribution in [-0.2, 0) is 11.2 Å². The highest BCUT2D eigenvalue weighted by Crippen LogP contribution is 2.35. The average Bonchev–Trinajstić information content (AvgIpc) is 2.94. The summed E-state index contributed by atoms with van der Waals surface area (Å²) in [4.78, 5) is 4.44. The fourth-order valence-corrected chi connectivity index (χ4v) is 3.47. The van der Waals surface area contributed by atoms with Gasteiger partial charge in [0.2, 0.25) is 0 Å². The molecule has 1 aliphatic rings. The van der Waals surface area contributed by atoms with Gasteiger partial charge in [0, 0.05) is 24.4 Å². The topological polar surface area (TPSA) is 52.0 Å². The molecule has 5 atom stereocenters. The van der Waals surface area contributed by atoms with Crippen LogP contribution in [0.2, 0.25) is 0 Å². The number of nitrogens with zero attached hydrogens (tertiary/aromatic N) is 3. The second-order valence-electron chi connectivity index (χ2n) is 6.30. The van der Waals surface area contributed by atoms with E-state index in [1.54, 1.807) is 6.33 Å². The first-order valence-electron chi connectivity index (χ1n) is 7.66. The van der Waals surface area contributed by atoms with Crippen molar-refractivity contribution in [1.82, 2.24) is 20.1 Å². The lowest BCUT2D eigenvalue weighted by atomic mass is 9.82. The van der Waals surface area contributed by atoms with Gasteiger partial charge in [-0.3, -0.25) is 0 Å². The molecule has 1 aromatic rings. The van der Waals surface area contributed by atoms with Crippen molar-refractivity contribution in [2.75, 3.05) is 7.05 Å². The molecule has 1 aromatic heterocycles. The van der Waals surface area contributed by atoms with E-state index in [1.807, 2.05) is 11.7 Å². The van der Waals surface area contributed by atoms with Crippen LogP contribution in [0.15, 0.2) is 6.33 Å². The Hall–Kier alpha value is -0.940. The lowest BCUT2D eigenvalue weighted by molar-refractivity contribution is 0.0477. The molecule has 2 rings (SSSR count). The summed E-state index contributed by atoms with van der Waals surface area (Å²) in [6.07, 6.45) is 3.16. The van der Waals surface area contributed by atoms with Crippen LogP contribution in [-0.4, -0.2) is 40.1 Å². The van der Waals surface area contributed by atoms with E-state index >= 15 is 0 Å². The van der Waals surface area contributed by atoms with E-state index in [0.717, 1.165) is 12.2 Å². The van der Waals surface area contributed by atoms with E-state index in [0.29, 0.717) is 30.0 Å². The zero-order valence-electron chi connectivity index (χ0n) is 13.5. The summed E-state index contributed by atoms with van der Waals surface area (Å²) in [5.41, 5.74) is 0. The second-order valence-corrected chi connectivity index (χ2v) is 6.30. The maximum atomic E-state index is 5.98. The smallest absolute Gasteiger partial charge is 0.138 e. The van der Waals surface area contributed by atoms with Gasteiger partial charge in [0.25, 0.3) is 0 Å². The molecule has 0 radical (unpaired) electrons. The van der Waals surface area contributed by atoms with Crippen molar-refractivity contribution in [3.63, 3.8) is 0 Å². The van der Waals surface area contributed by atoms with Crippen molar-refractivity contribution in [3.05, 3.63) is 12.2 Å². The number of hydrogen-bond acceptors (Lipinski definition) is 4. The molecule has 0 amide bonds. The van der Waals surface area contributed by atoms with Crippen LogP contribution in [0.1, 0.15) is 46.5 Å². The Kier molecular flexibility index (Phi) is 4.81. The van der Waals surface area contributed by atoms with Gasteiger partial charge in [-0.05, 0) is 40.7 Å². The zero-order chi connectivity index (χ0) is 14.9. The van der Waals surface area contributed by atoms with Gasteiger partial charge in [0.05, 0.1) is 12.2 Å². The van der Waals surface area contributed by atoms with Crippen molar-refractivity contribution < 1.29 is 4.74 Å². The standard InChI is InChI=1S/C15H28N4O/c1-9(2)19-14(17-8-18-19)7-13(16-6)15-10(3)11(4)20-12(15)5/h8-13,15-16H,7H2,1-6H3. The molecule has 0 aliphatic carbocycles. The van der Waals surface area contributed by atoms with Crippen LogP contribution in [0.3, 0.4) is 0 Å². The summed E-state index contributed by atoms with van der Waals surface area (Å²) in [7, 11) is 2.03. The number of aromatic nitrogens is 3. The van der Waals surface area contributed by atoms with Gasteiger partial charge >= 0.3 is 0 Å². The van der Waals surface area contributed by atoms with Crippen LogP contribution in [0.5, 0.6) is 0 Å². The van der Waals surface area contributed by atoms with E-state index in [-0.39, 0.29) is 6.10 Å². The molecule has 114 valence electrons. The number of hydrogen-bond donors (Lipinski definition) is 1. The number of likely N-dealkylation sites (N-methyl/N-ethyl adjacent to an activating group) is 1. The molecule has 1 fully saturated rings. The molecule has 1 N–H and O–H groups in total. The SMILES string of the molecule is CNC(Cc1ncnn1C(C)C)C1C(C)OC(C)C1C. The third kappa shape index (κ3) is 2.88. The van der Waals surface area contributed by atoms with Crippen molar-refractivity contribution in [3.8, 4) is 0 Å². The first-order chi connectivity index (χ1) is 9.45. The van der Waals surface area contributed by atoms with Crippen LogP contribution in [0, 0.1) is 11.8 Å². The first-order valence-corrected chi connectivity index (χ1v) is 7.66. The van der Waals surface area contributed by atoms with Crippen LogP contribution >= 0.6 is 0 Å². The van der Waals surface area contributed by atoms with Gasteiger partial charge in [0.1, 0.15) is 12.2 Å². The molecular formula is C15H28N4O. The van der Waals surface area contributed by atoms with E-state index in [9.17, 15) is 0 Å². The van der Waals surface area contributed by atoms with E-state index in [2.05, 4.69) is 50.0 Å². The summed E-state index contributed by atoms with van der Waals surface area (Å²) < 4.78 is 8.00. The van der Waals surface area contributed by atoms with E-state index < -0.39 is 0 Å². The van der Waals surface area contributed by atoms with E-state index in [1.165, 1.54) is 0 Å². The predicted molar refractivity (Wildman–Crippen MR) is 79.6 cm³/mol. The third-order valence-corrected chi connectivity index (χ3v) is 4.69. The average molecular weight is 280 g/mol. The minimum absolute atomic E-state index is 0.285. The summed E-state index contributed by atoms with van der Waals surface area (Å²) in [6.45, 7) is 10.9. The number of rotatable bonds is 5. The molecule has 5 unspecified atom stereocenters. The highest BCUT2D eigenvalue weighted by atomic mass is 16.5. The Morgan fingerprint density at radius 2 is 2.00 bits per heavy atom. The molecule has 5 heteroatoms. The van der Waals surface area contributed by atoms with Gasteiger partial charge in [0.15, 0.2) is 0 Å². The fourth-order valence-electron chi connectivity index (χ4n) is 3.47. The lowest BCUT2D eigenvalue weighted by Gasteiger charge is -2.28. The predicted octanol–water partition coefficient (Wildman–Crippen LogP) is 2.05. The van der Waals surface area contributed by atoms with Gasteiger partial charge in [-0.15, -0.1) is 0 Å². The Balaban J connectivity index is 2.15.